The van der Waals surface area contributed by atoms with Gasteiger partial charge in [-0.3, -0.25) is 10.5 Å². The Morgan fingerprint density at radius 3 is 3.00 bits per heavy atom. The van der Waals surface area contributed by atoms with Crippen molar-refractivity contribution in [2.24, 2.45) is 5.84 Å². The number of hydrogen-bond acceptors (Lipinski definition) is 7. The van der Waals surface area contributed by atoms with E-state index in [1.165, 1.54) is 0 Å². The highest BCUT2D eigenvalue weighted by Crippen LogP contribution is 2.21. The predicted octanol–water partition coefficient (Wildman–Crippen LogP) is 0.372. The van der Waals surface area contributed by atoms with E-state index in [2.05, 4.69) is 35.9 Å². The molecule has 0 saturated carbocycles. The number of fused-ring (bicyclic) bond motifs is 2. The first-order valence-electron chi connectivity index (χ1n) is 5.85. The van der Waals surface area contributed by atoms with Gasteiger partial charge in [-0.25, -0.2) is 5.84 Å². The van der Waals surface area contributed by atoms with Crippen LogP contribution in [0, 0.1) is 0 Å². The van der Waals surface area contributed by atoms with Gasteiger partial charge in [-0.1, -0.05) is 17.3 Å². The second-order valence-corrected chi connectivity index (χ2v) is 4.14. The molecular formula is C11H9N9. The summed E-state index contributed by atoms with van der Waals surface area (Å²) in [6.45, 7) is 0. The van der Waals surface area contributed by atoms with Crippen molar-refractivity contribution in [3.8, 4) is 5.82 Å². The first-order chi connectivity index (χ1) is 9.86. The maximum absolute atomic E-state index is 5.39. The quantitative estimate of drug-likeness (QED) is 0.354. The Balaban J connectivity index is 2.08. The molecule has 0 aliphatic heterocycles. The fourth-order valence-electron chi connectivity index (χ4n) is 2.07. The highest BCUT2D eigenvalue weighted by atomic mass is 15.5. The fraction of sp³-hybridized carbons (Fsp3) is 0. The molecule has 0 spiro atoms. The summed E-state index contributed by atoms with van der Waals surface area (Å²) in [5.41, 5.74) is 4.63. The van der Waals surface area contributed by atoms with Gasteiger partial charge < -0.3 is 0 Å². The molecule has 3 heterocycles. The van der Waals surface area contributed by atoms with Crippen LogP contribution >= 0.6 is 0 Å². The predicted molar refractivity (Wildman–Crippen MR) is 71.9 cm³/mol. The number of hydrogen-bond donors (Lipinski definition) is 3. The lowest BCUT2D eigenvalue weighted by atomic mass is 10.3. The number of nitrogens with one attached hydrogen (secondary N) is 2. The summed E-state index contributed by atoms with van der Waals surface area (Å²) in [6.07, 6.45) is 1.64. The van der Waals surface area contributed by atoms with E-state index < -0.39 is 0 Å². The number of nitrogen functional groups attached to an aromatic ring is 1. The number of anilines is 1. The highest BCUT2D eigenvalue weighted by molar-refractivity contribution is 5.85. The summed E-state index contributed by atoms with van der Waals surface area (Å²) < 4.78 is 1.63. The SMILES string of the molecule is NNc1nc(-n2nnc3ccccc32)c2cn[nH]c2n1. The average molecular weight is 267 g/mol. The van der Waals surface area contributed by atoms with Gasteiger partial charge in [0.05, 0.1) is 17.1 Å². The zero-order chi connectivity index (χ0) is 13.5. The molecule has 0 saturated heterocycles. The Morgan fingerprint density at radius 2 is 2.10 bits per heavy atom. The van der Waals surface area contributed by atoms with Crippen LogP contribution in [0.5, 0.6) is 0 Å². The van der Waals surface area contributed by atoms with Gasteiger partial charge in [-0.15, -0.1) is 5.10 Å². The smallest absolute Gasteiger partial charge is 0.241 e. The van der Waals surface area contributed by atoms with E-state index in [-0.39, 0.29) is 5.95 Å². The zero-order valence-corrected chi connectivity index (χ0v) is 10.1. The molecule has 0 atom stereocenters. The maximum Gasteiger partial charge on any atom is 0.241 e. The minimum Gasteiger partial charge on any atom is -0.292 e. The Bertz CT molecular complexity index is 906. The number of nitrogens with zero attached hydrogens (tertiary/aromatic N) is 6. The maximum atomic E-state index is 5.39. The van der Waals surface area contributed by atoms with Gasteiger partial charge in [0.2, 0.25) is 5.95 Å². The Morgan fingerprint density at radius 1 is 1.20 bits per heavy atom. The molecule has 0 aliphatic rings. The molecule has 9 nitrogen and oxygen atoms in total. The van der Waals surface area contributed by atoms with E-state index in [0.29, 0.717) is 11.5 Å². The lowest BCUT2D eigenvalue weighted by Gasteiger charge is -2.05. The number of para-hydroxylation sites is 1. The van der Waals surface area contributed by atoms with Crippen LogP contribution in [0.1, 0.15) is 0 Å². The van der Waals surface area contributed by atoms with E-state index in [4.69, 9.17) is 5.84 Å². The van der Waals surface area contributed by atoms with Crippen molar-refractivity contribution in [3.63, 3.8) is 0 Å². The standard InChI is InChI=1S/C11H9N9/c12-16-11-14-9-6(5-13-18-9)10(15-11)20-8-4-2-1-3-7(8)17-19-20/h1-5H,12H2,(H2,13,14,15,16,18). The Kier molecular flexibility index (Phi) is 2.14. The highest BCUT2D eigenvalue weighted by Gasteiger charge is 2.14. The monoisotopic (exact) mass is 267 g/mol. The van der Waals surface area contributed by atoms with E-state index in [9.17, 15) is 0 Å². The van der Waals surface area contributed by atoms with Crippen molar-refractivity contribution in [1.29, 1.82) is 0 Å². The van der Waals surface area contributed by atoms with Crippen molar-refractivity contribution >= 4 is 28.0 Å². The lowest BCUT2D eigenvalue weighted by Crippen LogP contribution is -2.12. The molecule has 4 N–H and O–H groups in total. The zero-order valence-electron chi connectivity index (χ0n) is 10.1. The average Bonchev–Trinajstić information content (AvgIpc) is 3.12. The van der Waals surface area contributed by atoms with Crippen molar-refractivity contribution in [2.45, 2.75) is 0 Å². The van der Waals surface area contributed by atoms with Gasteiger partial charge in [0.1, 0.15) is 5.52 Å². The summed E-state index contributed by atoms with van der Waals surface area (Å²) >= 11 is 0. The number of hydrazine groups is 1. The molecule has 4 aromatic rings. The molecule has 9 heteroatoms. The van der Waals surface area contributed by atoms with E-state index in [0.717, 1.165) is 16.4 Å². The van der Waals surface area contributed by atoms with Crippen molar-refractivity contribution in [2.75, 3.05) is 5.43 Å². The van der Waals surface area contributed by atoms with E-state index >= 15 is 0 Å². The summed E-state index contributed by atoms with van der Waals surface area (Å²) in [5.74, 6) is 6.22. The van der Waals surface area contributed by atoms with Gasteiger partial charge in [0, 0.05) is 0 Å². The van der Waals surface area contributed by atoms with Crippen molar-refractivity contribution in [3.05, 3.63) is 30.5 Å². The molecule has 98 valence electrons. The van der Waals surface area contributed by atoms with E-state index in [1.807, 2.05) is 24.3 Å². The molecular weight excluding hydrogens is 258 g/mol. The third-order valence-electron chi connectivity index (χ3n) is 2.97. The van der Waals surface area contributed by atoms with Crippen LogP contribution in [0.4, 0.5) is 5.95 Å². The second kappa shape index (κ2) is 3.96. The molecule has 3 aromatic heterocycles. The fourth-order valence-corrected chi connectivity index (χ4v) is 2.07. The van der Waals surface area contributed by atoms with Crippen LogP contribution in [0.25, 0.3) is 27.9 Å². The topological polar surface area (TPSA) is 123 Å². The first kappa shape index (κ1) is 10.8. The normalized spacial score (nSPS) is 11.2. The minimum absolute atomic E-state index is 0.274. The molecule has 0 fully saturated rings. The molecule has 0 aliphatic carbocycles. The lowest BCUT2D eigenvalue weighted by molar-refractivity contribution is 0.805. The van der Waals surface area contributed by atoms with Gasteiger partial charge in [0.15, 0.2) is 11.5 Å². The van der Waals surface area contributed by atoms with E-state index in [1.54, 1.807) is 10.9 Å². The van der Waals surface area contributed by atoms with Crippen LogP contribution in [0.15, 0.2) is 30.5 Å². The van der Waals surface area contributed by atoms with Gasteiger partial charge >= 0.3 is 0 Å². The minimum atomic E-state index is 0.274. The van der Waals surface area contributed by atoms with Crippen LogP contribution in [0.3, 0.4) is 0 Å². The number of rotatable bonds is 2. The summed E-state index contributed by atoms with van der Waals surface area (Å²) in [7, 11) is 0. The number of benzene rings is 1. The molecule has 0 bridgehead atoms. The number of H-pyrrole nitrogens is 1. The second-order valence-electron chi connectivity index (χ2n) is 4.14. The van der Waals surface area contributed by atoms with Crippen LogP contribution in [0.2, 0.25) is 0 Å². The molecule has 20 heavy (non-hydrogen) atoms. The van der Waals surface area contributed by atoms with Crippen LogP contribution < -0.4 is 11.3 Å². The third kappa shape index (κ3) is 1.44. The van der Waals surface area contributed by atoms with Crippen molar-refractivity contribution < 1.29 is 0 Å². The Hall–Kier alpha value is -3.07. The molecule has 0 unspecified atom stereocenters. The Labute approximate surface area is 111 Å². The third-order valence-corrected chi connectivity index (χ3v) is 2.97. The summed E-state index contributed by atoms with van der Waals surface area (Å²) in [6, 6.07) is 7.62. The molecule has 1 aromatic carbocycles. The number of aromatic amines is 1. The summed E-state index contributed by atoms with van der Waals surface area (Å²) in [4.78, 5) is 8.51. The molecule has 4 rings (SSSR count). The van der Waals surface area contributed by atoms with Crippen molar-refractivity contribution in [1.82, 2.24) is 35.2 Å². The largest absolute Gasteiger partial charge is 0.292 e. The van der Waals surface area contributed by atoms with Gasteiger partial charge in [-0.2, -0.15) is 19.7 Å². The van der Waals surface area contributed by atoms with Crippen LogP contribution in [-0.4, -0.2) is 35.2 Å². The molecule has 0 radical (unpaired) electrons. The molecule has 0 amide bonds. The van der Waals surface area contributed by atoms with Gasteiger partial charge in [-0.05, 0) is 12.1 Å². The number of aromatic nitrogens is 7. The summed E-state index contributed by atoms with van der Waals surface area (Å²) in [5, 5.41) is 15.7. The number of nitrogens with two attached hydrogens (primary N) is 1. The van der Waals surface area contributed by atoms with Gasteiger partial charge in [0.25, 0.3) is 0 Å². The van der Waals surface area contributed by atoms with Crippen LogP contribution in [-0.2, 0) is 0 Å². The first-order valence-corrected chi connectivity index (χ1v) is 5.85.